The van der Waals surface area contributed by atoms with Gasteiger partial charge in [0.1, 0.15) is 0 Å². The molecule has 2 atom stereocenters. The molecular formula is C9H18Cl2P2. The summed E-state index contributed by atoms with van der Waals surface area (Å²) in [6.45, 7) is 13.5. The van der Waals surface area contributed by atoms with Crippen LogP contribution in [0.5, 0.6) is 0 Å². The van der Waals surface area contributed by atoms with Gasteiger partial charge >= 0.3 is 0 Å². The number of hydrogen-bond acceptors (Lipinski definition) is 0. The van der Waals surface area contributed by atoms with Gasteiger partial charge in [0.05, 0.1) is 0 Å². The zero-order valence-electron chi connectivity index (χ0n) is 9.15. The van der Waals surface area contributed by atoms with E-state index in [1.54, 1.807) is 0 Å². The summed E-state index contributed by atoms with van der Waals surface area (Å²) in [6, 6.07) is 0. The fourth-order valence-electron chi connectivity index (χ4n) is 1.59. The van der Waals surface area contributed by atoms with Gasteiger partial charge in [0.15, 0.2) is 3.82 Å². The van der Waals surface area contributed by atoms with Crippen molar-refractivity contribution in [2.45, 2.75) is 55.7 Å². The molecule has 1 aliphatic rings. The molecule has 0 radical (unpaired) electrons. The highest BCUT2D eigenvalue weighted by molar-refractivity contribution is 8.51. The van der Waals surface area contributed by atoms with E-state index in [1.807, 2.05) is 0 Å². The van der Waals surface area contributed by atoms with Crippen LogP contribution in [0, 0.1) is 0 Å². The predicted molar refractivity (Wildman–Crippen MR) is 67.8 cm³/mol. The second-order valence-corrected chi connectivity index (χ2v) is 15.9. The summed E-state index contributed by atoms with van der Waals surface area (Å²) in [5, 5.41) is 0.607. The van der Waals surface area contributed by atoms with Gasteiger partial charge in [-0.25, -0.2) is 0 Å². The minimum Gasteiger partial charge on any atom is -0.0907 e. The molecule has 0 N–H and O–H groups in total. The molecule has 0 spiro atoms. The van der Waals surface area contributed by atoms with Gasteiger partial charge in [0.25, 0.3) is 0 Å². The standard InChI is InChI=1S/C9H18Cl2P2/c1-7(2,3)12-9(10,11)13(12)8(4,5)6/h1-6H3. The SMILES string of the molecule is CC(C)(C)P1P(C(C)(C)C)C1(Cl)Cl. The van der Waals surface area contributed by atoms with Crippen molar-refractivity contribution < 1.29 is 0 Å². The first kappa shape index (κ1) is 12.5. The highest BCUT2D eigenvalue weighted by Crippen LogP contribution is 3.11. The molecule has 4 heteroatoms. The lowest BCUT2D eigenvalue weighted by Crippen LogP contribution is -2.07. The Morgan fingerprint density at radius 2 is 1.00 bits per heavy atom. The Morgan fingerprint density at radius 3 is 1.08 bits per heavy atom. The molecule has 0 aromatic heterocycles. The molecule has 1 rings (SSSR count). The van der Waals surface area contributed by atoms with Crippen LogP contribution in [-0.4, -0.2) is 14.1 Å². The molecular weight excluding hydrogens is 241 g/mol. The van der Waals surface area contributed by atoms with Crippen molar-refractivity contribution in [2.75, 3.05) is 0 Å². The van der Waals surface area contributed by atoms with Crippen LogP contribution in [0.1, 0.15) is 41.5 Å². The Morgan fingerprint density at radius 1 is 0.769 bits per heavy atom. The molecule has 13 heavy (non-hydrogen) atoms. The monoisotopic (exact) mass is 258 g/mol. The molecule has 78 valence electrons. The maximum Gasteiger partial charge on any atom is 0.163 e. The second kappa shape index (κ2) is 3.21. The Hall–Kier alpha value is 1.44. The highest BCUT2D eigenvalue weighted by atomic mass is 35.5. The lowest BCUT2D eigenvalue weighted by Gasteiger charge is -2.23. The summed E-state index contributed by atoms with van der Waals surface area (Å²) in [4.78, 5) is 0. The third kappa shape index (κ3) is 2.34. The van der Waals surface area contributed by atoms with Crippen LogP contribution in [0.3, 0.4) is 0 Å². The fourth-order valence-corrected chi connectivity index (χ4v) is 17.2. The molecule has 0 aromatic carbocycles. The molecule has 2 unspecified atom stereocenters. The number of halogens is 2. The summed E-state index contributed by atoms with van der Waals surface area (Å²) in [6.07, 6.45) is 0. The first-order chi connectivity index (χ1) is 5.49. The van der Waals surface area contributed by atoms with Crippen molar-refractivity contribution >= 4 is 38.4 Å². The van der Waals surface area contributed by atoms with Gasteiger partial charge in [-0.05, 0) is 25.5 Å². The molecule has 1 heterocycles. The van der Waals surface area contributed by atoms with E-state index in [2.05, 4.69) is 41.5 Å². The minimum atomic E-state index is -0.374. The van der Waals surface area contributed by atoms with Gasteiger partial charge in [-0.2, -0.15) is 0 Å². The Kier molecular flexibility index (Phi) is 3.09. The minimum absolute atomic E-state index is 0.191. The molecule has 0 amide bonds. The lowest BCUT2D eigenvalue weighted by atomic mass is 10.3. The van der Waals surface area contributed by atoms with Crippen LogP contribution >= 0.6 is 38.4 Å². The molecule has 0 bridgehead atoms. The van der Waals surface area contributed by atoms with Crippen molar-refractivity contribution in [3.05, 3.63) is 0 Å². The second-order valence-electron chi connectivity index (χ2n) is 5.47. The first-order valence-electron chi connectivity index (χ1n) is 4.47. The molecule has 1 fully saturated rings. The van der Waals surface area contributed by atoms with E-state index in [4.69, 9.17) is 23.2 Å². The van der Waals surface area contributed by atoms with E-state index in [-0.39, 0.29) is 19.0 Å². The third-order valence-corrected chi connectivity index (χ3v) is 16.2. The van der Waals surface area contributed by atoms with Crippen LogP contribution < -0.4 is 0 Å². The van der Waals surface area contributed by atoms with Gasteiger partial charge in [0, 0.05) is 0 Å². The van der Waals surface area contributed by atoms with Crippen molar-refractivity contribution in [3.8, 4) is 0 Å². The topological polar surface area (TPSA) is 0 Å². The van der Waals surface area contributed by atoms with Crippen LogP contribution in [0.2, 0.25) is 0 Å². The number of rotatable bonds is 0. The van der Waals surface area contributed by atoms with E-state index < -0.39 is 0 Å². The summed E-state index contributed by atoms with van der Waals surface area (Å²) in [5.74, 6) is 0. The fraction of sp³-hybridized carbons (Fsp3) is 1.00. The molecule has 1 saturated heterocycles. The van der Waals surface area contributed by atoms with Crippen molar-refractivity contribution in [1.29, 1.82) is 0 Å². The van der Waals surface area contributed by atoms with E-state index >= 15 is 0 Å². The average Bonchev–Trinajstić information content (AvgIpc) is 2.29. The molecule has 0 nitrogen and oxygen atoms in total. The van der Waals surface area contributed by atoms with Crippen molar-refractivity contribution in [3.63, 3.8) is 0 Å². The van der Waals surface area contributed by atoms with E-state index in [1.165, 1.54) is 0 Å². The molecule has 0 saturated carbocycles. The molecule has 1 aliphatic heterocycles. The van der Waals surface area contributed by atoms with Crippen LogP contribution in [0.4, 0.5) is 0 Å². The maximum atomic E-state index is 6.37. The van der Waals surface area contributed by atoms with Crippen molar-refractivity contribution in [2.24, 2.45) is 0 Å². The molecule has 0 aromatic rings. The van der Waals surface area contributed by atoms with Gasteiger partial charge < -0.3 is 0 Å². The summed E-state index contributed by atoms with van der Waals surface area (Å²) < 4.78 is -0.374. The van der Waals surface area contributed by atoms with Crippen molar-refractivity contribution in [1.82, 2.24) is 0 Å². The summed E-state index contributed by atoms with van der Waals surface area (Å²) in [5.41, 5.74) is 0. The van der Waals surface area contributed by atoms with Crippen LogP contribution in [0.25, 0.3) is 0 Å². The van der Waals surface area contributed by atoms with E-state index in [9.17, 15) is 0 Å². The molecule has 0 aliphatic carbocycles. The van der Waals surface area contributed by atoms with Gasteiger partial charge in [-0.1, -0.05) is 64.7 Å². The third-order valence-electron chi connectivity index (χ3n) is 1.94. The first-order valence-corrected chi connectivity index (χ1v) is 8.62. The predicted octanol–water partition coefficient (Wildman–Crippen LogP) is 5.56. The highest BCUT2D eigenvalue weighted by Gasteiger charge is 2.70. The smallest absolute Gasteiger partial charge is 0.0907 e. The number of hydrogen-bond donors (Lipinski definition) is 0. The summed E-state index contributed by atoms with van der Waals surface area (Å²) >= 11 is 12.7. The Balaban J connectivity index is 2.85. The normalized spacial score (nSPS) is 33.2. The Labute approximate surface area is 94.2 Å². The largest absolute Gasteiger partial charge is 0.163 e. The van der Waals surface area contributed by atoms with Gasteiger partial charge in [-0.3, -0.25) is 0 Å². The quantitative estimate of drug-likeness (QED) is 0.394. The summed E-state index contributed by atoms with van der Waals surface area (Å²) in [7, 11) is -0.381. The average molecular weight is 259 g/mol. The zero-order valence-corrected chi connectivity index (χ0v) is 12.5. The van der Waals surface area contributed by atoms with Crippen LogP contribution in [0.15, 0.2) is 0 Å². The zero-order chi connectivity index (χ0) is 10.7. The van der Waals surface area contributed by atoms with E-state index in [0.717, 1.165) is 0 Å². The lowest BCUT2D eigenvalue weighted by molar-refractivity contribution is 0.788. The Bertz CT molecular complexity index is 191. The van der Waals surface area contributed by atoms with Crippen LogP contribution in [-0.2, 0) is 0 Å². The van der Waals surface area contributed by atoms with Gasteiger partial charge in [-0.15, -0.1) is 0 Å². The maximum absolute atomic E-state index is 6.37. The number of alkyl halides is 2. The van der Waals surface area contributed by atoms with E-state index in [0.29, 0.717) is 10.3 Å². The van der Waals surface area contributed by atoms with Gasteiger partial charge in [0.2, 0.25) is 0 Å².